The molecule has 1 unspecified atom stereocenters. The summed E-state index contributed by atoms with van der Waals surface area (Å²) in [6.07, 6.45) is 3.20. The Labute approximate surface area is 139 Å². The van der Waals surface area contributed by atoms with Crippen LogP contribution in [0.2, 0.25) is 0 Å². The Morgan fingerprint density at radius 3 is 2.17 bits per heavy atom. The van der Waals surface area contributed by atoms with Crippen LogP contribution in [0.15, 0.2) is 24.3 Å². The summed E-state index contributed by atoms with van der Waals surface area (Å²) >= 11 is 0. The molecule has 0 saturated carbocycles. The molecule has 2 fully saturated rings. The number of amides is 1. The molecule has 0 spiro atoms. The molecule has 0 aromatic heterocycles. The van der Waals surface area contributed by atoms with Crippen molar-refractivity contribution in [2.75, 3.05) is 39.8 Å². The number of carbonyl (C=O) groups excluding carboxylic acids is 1. The second-order valence-corrected chi connectivity index (χ2v) is 7.64. The Morgan fingerprint density at radius 1 is 1.04 bits per heavy atom. The molecule has 2 aliphatic heterocycles. The number of nitrogens with zero attached hydrogens (tertiary/aromatic N) is 3. The number of likely N-dealkylation sites (N-methyl/N-ethyl adjacent to an activating group) is 1. The molecule has 0 bridgehead atoms. The standard InChI is InChI=1S/C19H27N3O/c1-19(18(23)21-11-9-20(2)10-12-21)7-8-22(19)17-13-15-5-3-4-6-16(15)14-17/h3-6,17H,7-14H2,1-2H3. The molecule has 1 aromatic carbocycles. The van der Waals surface area contributed by atoms with Gasteiger partial charge in [-0.2, -0.15) is 0 Å². The van der Waals surface area contributed by atoms with Crippen LogP contribution >= 0.6 is 0 Å². The Bertz CT molecular complexity index is 583. The third kappa shape index (κ3) is 2.48. The zero-order valence-electron chi connectivity index (χ0n) is 14.3. The number of likely N-dealkylation sites (tertiary alicyclic amines) is 1. The van der Waals surface area contributed by atoms with Gasteiger partial charge in [-0.15, -0.1) is 0 Å². The Morgan fingerprint density at radius 2 is 1.65 bits per heavy atom. The van der Waals surface area contributed by atoms with Gasteiger partial charge in [0.1, 0.15) is 0 Å². The fourth-order valence-electron chi connectivity index (χ4n) is 4.50. The summed E-state index contributed by atoms with van der Waals surface area (Å²) < 4.78 is 0. The third-order valence-corrected chi connectivity index (χ3v) is 6.19. The molecule has 0 N–H and O–H groups in total. The lowest BCUT2D eigenvalue weighted by atomic mass is 9.82. The number of fused-ring (bicyclic) bond motifs is 1. The molecular formula is C19H27N3O. The van der Waals surface area contributed by atoms with Crippen LogP contribution in [0.1, 0.15) is 24.5 Å². The summed E-state index contributed by atoms with van der Waals surface area (Å²) in [5, 5.41) is 0. The lowest BCUT2D eigenvalue weighted by molar-refractivity contribution is -0.157. The van der Waals surface area contributed by atoms with E-state index in [1.165, 1.54) is 11.1 Å². The summed E-state index contributed by atoms with van der Waals surface area (Å²) in [7, 11) is 2.13. The highest BCUT2D eigenvalue weighted by molar-refractivity contribution is 5.87. The van der Waals surface area contributed by atoms with Crippen molar-refractivity contribution < 1.29 is 4.79 Å². The Balaban J connectivity index is 1.46. The normalized spacial score (nSPS) is 29.4. The number of hydrogen-bond acceptors (Lipinski definition) is 3. The molecule has 2 heterocycles. The van der Waals surface area contributed by atoms with Crippen LogP contribution in [-0.4, -0.2) is 72.0 Å². The average Bonchev–Trinajstić information content (AvgIpc) is 2.96. The molecule has 23 heavy (non-hydrogen) atoms. The van der Waals surface area contributed by atoms with Crippen LogP contribution < -0.4 is 0 Å². The molecular weight excluding hydrogens is 286 g/mol. The van der Waals surface area contributed by atoms with Gasteiger partial charge in [-0.05, 0) is 44.4 Å². The Hall–Kier alpha value is -1.39. The zero-order chi connectivity index (χ0) is 16.0. The Kier molecular flexibility index (Phi) is 3.69. The lowest BCUT2D eigenvalue weighted by Gasteiger charge is -2.54. The smallest absolute Gasteiger partial charge is 0.242 e. The van der Waals surface area contributed by atoms with Crippen LogP contribution in [0.4, 0.5) is 0 Å². The van der Waals surface area contributed by atoms with E-state index in [-0.39, 0.29) is 5.54 Å². The van der Waals surface area contributed by atoms with Crippen molar-refractivity contribution in [3.05, 3.63) is 35.4 Å². The van der Waals surface area contributed by atoms with Gasteiger partial charge in [0.05, 0.1) is 5.54 Å². The first-order valence-corrected chi connectivity index (χ1v) is 8.89. The summed E-state index contributed by atoms with van der Waals surface area (Å²) in [5.74, 6) is 0.354. The summed E-state index contributed by atoms with van der Waals surface area (Å²) in [6.45, 7) is 6.98. The first kappa shape index (κ1) is 15.2. The fourth-order valence-corrected chi connectivity index (χ4v) is 4.50. The highest BCUT2D eigenvalue weighted by Gasteiger charge is 2.52. The highest BCUT2D eigenvalue weighted by atomic mass is 16.2. The van der Waals surface area contributed by atoms with Gasteiger partial charge >= 0.3 is 0 Å². The molecule has 4 heteroatoms. The minimum atomic E-state index is -0.275. The van der Waals surface area contributed by atoms with Crippen LogP contribution in [0.5, 0.6) is 0 Å². The molecule has 0 radical (unpaired) electrons. The maximum atomic E-state index is 13.1. The predicted molar refractivity (Wildman–Crippen MR) is 91.4 cm³/mol. The van der Waals surface area contributed by atoms with Crippen molar-refractivity contribution in [1.29, 1.82) is 0 Å². The van der Waals surface area contributed by atoms with Gasteiger partial charge in [-0.1, -0.05) is 24.3 Å². The largest absolute Gasteiger partial charge is 0.339 e. The molecule has 1 aliphatic carbocycles. The summed E-state index contributed by atoms with van der Waals surface area (Å²) in [4.78, 5) is 20.0. The first-order chi connectivity index (χ1) is 11.1. The highest BCUT2D eigenvalue weighted by Crippen LogP contribution is 2.39. The van der Waals surface area contributed by atoms with Crippen LogP contribution in [-0.2, 0) is 17.6 Å². The van der Waals surface area contributed by atoms with Gasteiger partial charge in [-0.3, -0.25) is 9.69 Å². The molecule has 4 rings (SSSR count). The van der Waals surface area contributed by atoms with Crippen LogP contribution in [0.3, 0.4) is 0 Å². The number of piperazine rings is 1. The first-order valence-electron chi connectivity index (χ1n) is 8.89. The van der Waals surface area contributed by atoms with E-state index in [1.807, 2.05) is 0 Å². The average molecular weight is 313 g/mol. The monoisotopic (exact) mass is 313 g/mol. The SMILES string of the molecule is CN1CCN(C(=O)C2(C)CCN2C2Cc3ccccc3C2)CC1. The van der Waals surface area contributed by atoms with Gasteiger partial charge in [0.2, 0.25) is 5.91 Å². The summed E-state index contributed by atoms with van der Waals surface area (Å²) in [5.41, 5.74) is 2.67. The minimum Gasteiger partial charge on any atom is -0.339 e. The van der Waals surface area contributed by atoms with E-state index >= 15 is 0 Å². The van der Waals surface area contributed by atoms with E-state index in [9.17, 15) is 4.79 Å². The van der Waals surface area contributed by atoms with Crippen molar-refractivity contribution >= 4 is 5.91 Å². The molecule has 124 valence electrons. The molecule has 1 amide bonds. The maximum Gasteiger partial charge on any atom is 0.242 e. The van der Waals surface area contributed by atoms with E-state index < -0.39 is 0 Å². The third-order valence-electron chi connectivity index (χ3n) is 6.19. The topological polar surface area (TPSA) is 26.8 Å². The maximum absolute atomic E-state index is 13.1. The fraction of sp³-hybridized carbons (Fsp3) is 0.632. The molecule has 1 aromatic rings. The number of benzene rings is 1. The number of carbonyl (C=O) groups is 1. The zero-order valence-corrected chi connectivity index (χ0v) is 14.3. The van der Waals surface area contributed by atoms with E-state index in [4.69, 9.17) is 0 Å². The van der Waals surface area contributed by atoms with E-state index in [0.29, 0.717) is 11.9 Å². The van der Waals surface area contributed by atoms with Crippen molar-refractivity contribution in [3.63, 3.8) is 0 Å². The number of hydrogen-bond donors (Lipinski definition) is 0. The van der Waals surface area contributed by atoms with Crippen molar-refractivity contribution in [1.82, 2.24) is 14.7 Å². The lowest BCUT2D eigenvalue weighted by Crippen LogP contribution is -2.70. The second kappa shape index (κ2) is 5.60. The van der Waals surface area contributed by atoms with Crippen molar-refractivity contribution in [2.24, 2.45) is 0 Å². The summed E-state index contributed by atoms with van der Waals surface area (Å²) in [6, 6.07) is 9.25. The van der Waals surface area contributed by atoms with E-state index in [1.54, 1.807) is 0 Å². The number of rotatable bonds is 2. The van der Waals surface area contributed by atoms with E-state index in [0.717, 1.165) is 52.0 Å². The van der Waals surface area contributed by atoms with Crippen molar-refractivity contribution in [2.45, 2.75) is 37.8 Å². The van der Waals surface area contributed by atoms with Gasteiger partial charge in [0.25, 0.3) is 0 Å². The van der Waals surface area contributed by atoms with Crippen molar-refractivity contribution in [3.8, 4) is 0 Å². The predicted octanol–water partition coefficient (Wildman–Crippen LogP) is 1.39. The van der Waals surface area contributed by atoms with Gasteiger partial charge < -0.3 is 9.80 Å². The minimum absolute atomic E-state index is 0.275. The van der Waals surface area contributed by atoms with Gasteiger partial charge in [0.15, 0.2) is 0 Å². The molecule has 1 atom stereocenters. The van der Waals surface area contributed by atoms with Crippen LogP contribution in [0.25, 0.3) is 0 Å². The van der Waals surface area contributed by atoms with Crippen LogP contribution in [0, 0.1) is 0 Å². The van der Waals surface area contributed by atoms with Gasteiger partial charge in [-0.25, -0.2) is 0 Å². The molecule has 3 aliphatic rings. The molecule has 2 saturated heterocycles. The quantitative estimate of drug-likeness (QED) is 0.826. The van der Waals surface area contributed by atoms with E-state index in [2.05, 4.69) is 52.9 Å². The second-order valence-electron chi connectivity index (χ2n) is 7.64. The molecule has 4 nitrogen and oxygen atoms in total. The van der Waals surface area contributed by atoms with Gasteiger partial charge in [0, 0.05) is 38.8 Å².